The van der Waals surface area contributed by atoms with Gasteiger partial charge in [-0.05, 0) is 13.0 Å². The van der Waals surface area contributed by atoms with E-state index in [2.05, 4.69) is 11.2 Å². The highest BCUT2D eigenvalue weighted by Crippen LogP contribution is 2.13. The van der Waals surface area contributed by atoms with Crippen molar-refractivity contribution in [3.63, 3.8) is 0 Å². The molecule has 0 aliphatic carbocycles. The van der Waals surface area contributed by atoms with E-state index in [1.165, 1.54) is 0 Å². The third-order valence-corrected chi connectivity index (χ3v) is 1.27. The number of terminal acetylenes is 1. The van der Waals surface area contributed by atoms with E-state index in [4.69, 9.17) is 16.3 Å². The van der Waals surface area contributed by atoms with Crippen LogP contribution in [0.3, 0.4) is 0 Å². The molecule has 1 rings (SSSR count). The molecule has 0 radical (unpaired) electrons. The van der Waals surface area contributed by atoms with Crippen LogP contribution in [0.4, 0.5) is 13.2 Å². The molecule has 0 aromatic heterocycles. The molecular formula is C7H8F3NO2. The summed E-state index contributed by atoms with van der Waals surface area (Å²) in [5.41, 5.74) is 0. The smallest absolute Gasteiger partial charge is 0.475 e. The van der Waals surface area contributed by atoms with Crippen LogP contribution >= 0.6 is 0 Å². The number of rotatable bonds is 0. The largest absolute Gasteiger partial charge is 0.490 e. The highest BCUT2D eigenvalue weighted by Gasteiger charge is 2.38. The van der Waals surface area contributed by atoms with Gasteiger partial charge in [-0.2, -0.15) is 13.2 Å². The zero-order valence-corrected chi connectivity index (χ0v) is 6.56. The van der Waals surface area contributed by atoms with Crippen molar-refractivity contribution in [1.82, 2.24) is 5.32 Å². The van der Waals surface area contributed by atoms with Gasteiger partial charge in [-0.25, -0.2) is 4.79 Å². The molecule has 1 unspecified atom stereocenters. The molecule has 13 heavy (non-hydrogen) atoms. The molecule has 1 saturated heterocycles. The molecule has 0 spiro atoms. The van der Waals surface area contributed by atoms with Crippen LogP contribution in [-0.4, -0.2) is 29.8 Å². The van der Waals surface area contributed by atoms with Gasteiger partial charge in [-0.15, -0.1) is 6.42 Å². The Labute approximate surface area is 72.9 Å². The molecule has 0 saturated carbocycles. The quantitative estimate of drug-likeness (QED) is 0.557. The van der Waals surface area contributed by atoms with E-state index in [0.29, 0.717) is 6.04 Å². The Morgan fingerprint density at radius 1 is 1.62 bits per heavy atom. The van der Waals surface area contributed by atoms with Crippen LogP contribution in [0, 0.1) is 12.3 Å². The molecule has 1 aliphatic heterocycles. The fourth-order valence-corrected chi connectivity index (χ4v) is 0.431. The number of nitrogens with one attached hydrogen (secondary N) is 1. The summed E-state index contributed by atoms with van der Waals surface area (Å²) in [6.07, 6.45) is 1.10. The van der Waals surface area contributed by atoms with Crippen LogP contribution in [0.1, 0.15) is 6.42 Å². The highest BCUT2D eigenvalue weighted by atomic mass is 19.4. The first-order valence-corrected chi connectivity index (χ1v) is 3.37. The van der Waals surface area contributed by atoms with Gasteiger partial charge in [-0.3, -0.25) is 0 Å². The second kappa shape index (κ2) is 4.72. The standard InChI is InChI=1S/C5H7N.C2HF3O2/c1-2-5-3-4-6-5;3-2(4,5)1(6)7/h1,5-6H,3-4H2;(H,6,7). The second-order valence-corrected chi connectivity index (χ2v) is 2.26. The van der Waals surface area contributed by atoms with E-state index in [9.17, 15) is 13.2 Å². The molecule has 3 nitrogen and oxygen atoms in total. The predicted octanol–water partition coefficient (Wildman–Crippen LogP) is 0.615. The topological polar surface area (TPSA) is 49.3 Å². The molecule has 74 valence electrons. The maximum Gasteiger partial charge on any atom is 0.490 e. The van der Waals surface area contributed by atoms with Crippen LogP contribution < -0.4 is 5.32 Å². The molecular weight excluding hydrogens is 187 g/mol. The molecule has 0 bridgehead atoms. The Morgan fingerprint density at radius 2 is 2.00 bits per heavy atom. The number of halogens is 3. The zero-order chi connectivity index (χ0) is 10.5. The van der Waals surface area contributed by atoms with Crippen molar-refractivity contribution < 1.29 is 23.1 Å². The van der Waals surface area contributed by atoms with E-state index >= 15 is 0 Å². The average molecular weight is 195 g/mol. The molecule has 2 N–H and O–H groups in total. The van der Waals surface area contributed by atoms with Gasteiger partial charge in [0.05, 0.1) is 6.04 Å². The lowest BCUT2D eigenvalue weighted by molar-refractivity contribution is -0.192. The van der Waals surface area contributed by atoms with E-state index in [0.717, 1.165) is 13.0 Å². The van der Waals surface area contributed by atoms with Gasteiger partial charge in [0.15, 0.2) is 0 Å². The summed E-state index contributed by atoms with van der Waals surface area (Å²) in [4.78, 5) is 8.90. The van der Waals surface area contributed by atoms with Gasteiger partial charge in [0.1, 0.15) is 0 Å². The summed E-state index contributed by atoms with van der Waals surface area (Å²) in [5, 5.41) is 10.2. The third kappa shape index (κ3) is 5.09. The number of carboxylic acids is 1. The lowest BCUT2D eigenvalue weighted by Gasteiger charge is -2.21. The first-order valence-electron chi connectivity index (χ1n) is 3.37. The van der Waals surface area contributed by atoms with Gasteiger partial charge in [0.25, 0.3) is 0 Å². The predicted molar refractivity (Wildman–Crippen MR) is 38.9 cm³/mol. The summed E-state index contributed by atoms with van der Waals surface area (Å²) < 4.78 is 31.7. The molecule has 0 aromatic rings. The number of alkyl halides is 3. The van der Waals surface area contributed by atoms with E-state index in [1.54, 1.807) is 0 Å². The van der Waals surface area contributed by atoms with Crippen LogP contribution in [0.15, 0.2) is 0 Å². The normalized spacial score (nSPS) is 20.3. The fraction of sp³-hybridized carbons (Fsp3) is 0.571. The van der Waals surface area contributed by atoms with Crippen LogP contribution in [-0.2, 0) is 4.79 Å². The number of hydrogen-bond donors (Lipinski definition) is 2. The third-order valence-electron chi connectivity index (χ3n) is 1.27. The molecule has 1 aliphatic rings. The Balaban J connectivity index is 0.000000223. The maximum atomic E-state index is 10.6. The summed E-state index contributed by atoms with van der Waals surface area (Å²) in [7, 11) is 0. The van der Waals surface area contributed by atoms with Gasteiger partial charge in [0.2, 0.25) is 0 Å². The van der Waals surface area contributed by atoms with Crippen molar-refractivity contribution in [3.05, 3.63) is 0 Å². The van der Waals surface area contributed by atoms with E-state index < -0.39 is 12.1 Å². The first kappa shape index (κ1) is 11.8. The van der Waals surface area contributed by atoms with Gasteiger partial charge in [-0.1, -0.05) is 5.92 Å². The van der Waals surface area contributed by atoms with Gasteiger partial charge in [0, 0.05) is 0 Å². The van der Waals surface area contributed by atoms with E-state index in [-0.39, 0.29) is 0 Å². The van der Waals surface area contributed by atoms with Crippen LogP contribution in [0.5, 0.6) is 0 Å². The van der Waals surface area contributed by atoms with Crippen molar-refractivity contribution >= 4 is 5.97 Å². The monoisotopic (exact) mass is 195 g/mol. The number of carbonyl (C=O) groups is 1. The minimum atomic E-state index is -5.08. The molecule has 1 heterocycles. The fourth-order valence-electron chi connectivity index (χ4n) is 0.431. The number of aliphatic carboxylic acids is 1. The van der Waals surface area contributed by atoms with Crippen molar-refractivity contribution in [2.75, 3.05) is 6.54 Å². The Bertz CT molecular complexity index is 215. The summed E-state index contributed by atoms with van der Waals surface area (Å²) >= 11 is 0. The van der Waals surface area contributed by atoms with Crippen LogP contribution in [0.25, 0.3) is 0 Å². The van der Waals surface area contributed by atoms with Crippen molar-refractivity contribution in [2.24, 2.45) is 0 Å². The van der Waals surface area contributed by atoms with Crippen molar-refractivity contribution in [3.8, 4) is 12.3 Å². The molecule has 1 atom stereocenters. The van der Waals surface area contributed by atoms with Gasteiger partial charge >= 0.3 is 12.1 Å². The zero-order valence-electron chi connectivity index (χ0n) is 6.56. The maximum absolute atomic E-state index is 10.6. The number of hydrogen-bond acceptors (Lipinski definition) is 2. The van der Waals surface area contributed by atoms with Crippen LogP contribution in [0.2, 0.25) is 0 Å². The molecule has 1 fully saturated rings. The Morgan fingerprint density at radius 3 is 2.00 bits per heavy atom. The van der Waals surface area contributed by atoms with Crippen molar-refractivity contribution in [1.29, 1.82) is 0 Å². The Kier molecular flexibility index (Phi) is 4.28. The van der Waals surface area contributed by atoms with Crippen molar-refractivity contribution in [2.45, 2.75) is 18.6 Å². The lowest BCUT2D eigenvalue weighted by Crippen LogP contribution is -2.41. The minimum Gasteiger partial charge on any atom is -0.475 e. The molecule has 0 aromatic carbocycles. The first-order chi connectivity index (χ1) is 5.88. The average Bonchev–Trinajstić information content (AvgIpc) is 1.83. The Hall–Kier alpha value is -1.22. The SMILES string of the molecule is C#CC1CCN1.O=C(O)C(F)(F)F. The molecule has 6 heteroatoms. The van der Waals surface area contributed by atoms with E-state index in [1.807, 2.05) is 0 Å². The summed E-state index contributed by atoms with van der Waals surface area (Å²) in [6, 6.07) is 0.394. The minimum absolute atomic E-state index is 0.394. The van der Waals surface area contributed by atoms with Gasteiger partial charge < -0.3 is 10.4 Å². The summed E-state index contributed by atoms with van der Waals surface area (Å²) in [5.74, 6) is -0.167. The highest BCUT2D eigenvalue weighted by molar-refractivity contribution is 5.73. The number of carboxylic acid groups (broad SMARTS) is 1. The molecule has 0 amide bonds. The summed E-state index contributed by atoms with van der Waals surface area (Å²) in [6.45, 7) is 1.11. The lowest BCUT2D eigenvalue weighted by atomic mass is 10.1. The second-order valence-electron chi connectivity index (χ2n) is 2.26.